The van der Waals surface area contributed by atoms with E-state index in [4.69, 9.17) is 5.21 Å². The molecule has 150 valence electrons. The van der Waals surface area contributed by atoms with Crippen LogP contribution in [-0.4, -0.2) is 58.8 Å². The van der Waals surface area contributed by atoms with Gasteiger partial charge in [0.1, 0.15) is 6.10 Å². The highest BCUT2D eigenvalue weighted by molar-refractivity contribution is 5.89. The molecule has 27 heavy (non-hydrogen) atoms. The first-order valence-corrected chi connectivity index (χ1v) is 9.48. The van der Waals surface area contributed by atoms with Crippen LogP contribution in [0.25, 0.3) is 0 Å². The van der Waals surface area contributed by atoms with Crippen molar-refractivity contribution in [1.29, 1.82) is 0 Å². The fourth-order valence-corrected chi connectivity index (χ4v) is 3.61. The summed E-state index contributed by atoms with van der Waals surface area (Å²) >= 11 is 0. The topological polar surface area (TPSA) is 93.1 Å². The Morgan fingerprint density at radius 1 is 1.22 bits per heavy atom. The van der Waals surface area contributed by atoms with Crippen molar-refractivity contribution in [3.8, 4) is 0 Å². The van der Waals surface area contributed by atoms with Gasteiger partial charge in [0.05, 0.1) is 5.92 Å². The van der Waals surface area contributed by atoms with Gasteiger partial charge < -0.3 is 14.9 Å². The Labute approximate surface area is 160 Å². The fraction of sp³-hybridized carbons (Fsp3) is 0.600. The van der Waals surface area contributed by atoms with Gasteiger partial charge in [-0.25, -0.2) is 5.48 Å². The zero-order valence-corrected chi connectivity index (χ0v) is 16.6. The van der Waals surface area contributed by atoms with Crippen molar-refractivity contribution in [2.24, 2.45) is 11.8 Å². The second kappa shape index (κ2) is 9.19. The number of benzene rings is 1. The van der Waals surface area contributed by atoms with Crippen LogP contribution >= 0.6 is 0 Å². The highest BCUT2D eigenvalue weighted by Gasteiger charge is 2.38. The Hall–Kier alpha value is -2.12. The molecule has 1 heterocycles. The summed E-state index contributed by atoms with van der Waals surface area (Å²) in [6, 6.07) is 8.25. The van der Waals surface area contributed by atoms with E-state index in [9.17, 15) is 14.7 Å². The molecule has 3 atom stereocenters. The molecular formula is C20H31N3O4. The van der Waals surface area contributed by atoms with E-state index in [-0.39, 0.29) is 17.9 Å². The van der Waals surface area contributed by atoms with Crippen molar-refractivity contribution in [3.05, 3.63) is 29.8 Å². The van der Waals surface area contributed by atoms with E-state index in [1.807, 2.05) is 27.7 Å². The minimum absolute atomic E-state index is 0.0494. The highest BCUT2D eigenvalue weighted by Crippen LogP contribution is 2.24. The summed E-state index contributed by atoms with van der Waals surface area (Å²) in [6.45, 7) is 9.79. The normalized spacial score (nSPS) is 19.7. The summed E-state index contributed by atoms with van der Waals surface area (Å²) in [4.78, 5) is 28.7. The number of amides is 2. The number of rotatable bonds is 6. The van der Waals surface area contributed by atoms with E-state index in [1.54, 1.807) is 4.90 Å². The molecule has 7 heteroatoms. The lowest BCUT2D eigenvalue weighted by Crippen LogP contribution is -2.57. The maximum absolute atomic E-state index is 13.1. The zero-order valence-electron chi connectivity index (χ0n) is 16.6. The number of aliphatic hydroxyl groups is 1. The van der Waals surface area contributed by atoms with Crippen LogP contribution in [0.2, 0.25) is 0 Å². The van der Waals surface area contributed by atoms with E-state index < -0.39 is 17.9 Å². The van der Waals surface area contributed by atoms with Gasteiger partial charge >= 0.3 is 0 Å². The predicted octanol–water partition coefficient (Wildman–Crippen LogP) is 1.56. The molecule has 0 aromatic heterocycles. The third kappa shape index (κ3) is 5.20. The average Bonchev–Trinajstić information content (AvgIpc) is 2.64. The number of hydrogen-bond acceptors (Lipinski definition) is 5. The summed E-state index contributed by atoms with van der Waals surface area (Å²) in [6.07, 6.45) is -1.19. The molecule has 1 saturated heterocycles. The molecule has 1 fully saturated rings. The van der Waals surface area contributed by atoms with E-state index in [1.165, 1.54) is 11.0 Å². The van der Waals surface area contributed by atoms with Gasteiger partial charge in [0.15, 0.2) is 0 Å². The van der Waals surface area contributed by atoms with Crippen LogP contribution in [-0.2, 0) is 9.59 Å². The minimum Gasteiger partial charge on any atom is -0.382 e. The molecule has 1 aromatic carbocycles. The third-order valence-corrected chi connectivity index (χ3v) is 5.11. The Kier molecular flexibility index (Phi) is 7.21. The maximum Gasteiger partial charge on any atom is 0.272 e. The second-order valence-electron chi connectivity index (χ2n) is 7.82. The molecule has 0 bridgehead atoms. The van der Waals surface area contributed by atoms with Gasteiger partial charge in [-0.2, -0.15) is 0 Å². The van der Waals surface area contributed by atoms with Gasteiger partial charge in [-0.05, 0) is 38.3 Å². The Bertz CT molecular complexity index is 647. The molecule has 0 unspecified atom stereocenters. The fourth-order valence-electron chi connectivity index (χ4n) is 3.61. The van der Waals surface area contributed by atoms with Crippen molar-refractivity contribution in [2.45, 2.75) is 46.3 Å². The number of anilines is 1. The van der Waals surface area contributed by atoms with Crippen LogP contribution in [0.5, 0.6) is 0 Å². The van der Waals surface area contributed by atoms with Gasteiger partial charge in [0, 0.05) is 31.4 Å². The van der Waals surface area contributed by atoms with Crippen molar-refractivity contribution in [2.75, 3.05) is 24.5 Å². The highest BCUT2D eigenvalue weighted by atomic mass is 16.5. The van der Waals surface area contributed by atoms with E-state index in [0.29, 0.717) is 26.1 Å². The van der Waals surface area contributed by atoms with Crippen LogP contribution in [0.3, 0.4) is 0 Å². The molecule has 0 spiro atoms. The van der Waals surface area contributed by atoms with Crippen LogP contribution in [0.15, 0.2) is 24.3 Å². The van der Waals surface area contributed by atoms with Gasteiger partial charge in [0.25, 0.3) is 5.91 Å². The van der Waals surface area contributed by atoms with Crippen LogP contribution in [0.4, 0.5) is 5.69 Å². The van der Waals surface area contributed by atoms with Gasteiger partial charge in [-0.1, -0.05) is 31.5 Å². The van der Waals surface area contributed by atoms with Crippen molar-refractivity contribution < 1.29 is 19.9 Å². The number of hydroxylamine groups is 1. The van der Waals surface area contributed by atoms with E-state index in [0.717, 1.165) is 5.69 Å². The molecule has 2 amide bonds. The number of piperazine rings is 1. The first kappa shape index (κ1) is 21.2. The number of carbonyl (C=O) groups is 2. The maximum atomic E-state index is 13.1. The predicted molar refractivity (Wildman–Crippen MR) is 103 cm³/mol. The summed E-state index contributed by atoms with van der Waals surface area (Å²) in [7, 11) is 0. The number of carbonyl (C=O) groups excluding carboxylic acids is 2. The molecular weight excluding hydrogens is 346 g/mol. The number of nitrogens with zero attached hydrogens (tertiary/aromatic N) is 2. The molecule has 0 radical (unpaired) electrons. The number of nitrogens with one attached hydrogen (secondary N) is 1. The molecule has 1 aliphatic rings. The summed E-state index contributed by atoms with van der Waals surface area (Å²) in [5.74, 6) is -1.93. The molecule has 2 rings (SSSR count). The molecule has 3 N–H and O–H groups in total. The largest absolute Gasteiger partial charge is 0.382 e. The lowest BCUT2D eigenvalue weighted by Gasteiger charge is -2.42. The first-order valence-electron chi connectivity index (χ1n) is 9.48. The number of aryl methyl sites for hydroxylation is 1. The summed E-state index contributed by atoms with van der Waals surface area (Å²) in [5.41, 5.74) is 3.78. The molecule has 1 aliphatic heterocycles. The average molecular weight is 377 g/mol. The molecule has 7 nitrogen and oxygen atoms in total. The van der Waals surface area contributed by atoms with Crippen LogP contribution in [0, 0.1) is 18.8 Å². The standard InChI is InChI=1S/C20H31N3O4/c1-13(2)11-17(18(24)19(25)21-27)20(26)23-10-9-22(12-15(23)4)16-7-5-14(3)6-8-16/h5-8,13,15,17-18,24,27H,9-12H2,1-4H3,(H,21,25)/t15-,17+,18+/m1/s1. The smallest absolute Gasteiger partial charge is 0.272 e. The van der Waals surface area contributed by atoms with Crippen LogP contribution < -0.4 is 10.4 Å². The van der Waals surface area contributed by atoms with Crippen LogP contribution in [0.1, 0.15) is 32.8 Å². The van der Waals surface area contributed by atoms with Crippen molar-refractivity contribution in [3.63, 3.8) is 0 Å². The lowest BCUT2D eigenvalue weighted by atomic mass is 9.89. The molecule has 0 saturated carbocycles. The second-order valence-corrected chi connectivity index (χ2v) is 7.82. The third-order valence-electron chi connectivity index (χ3n) is 5.11. The Morgan fingerprint density at radius 2 is 1.85 bits per heavy atom. The number of hydrogen-bond donors (Lipinski definition) is 3. The first-order chi connectivity index (χ1) is 12.7. The van der Waals surface area contributed by atoms with Crippen molar-refractivity contribution in [1.82, 2.24) is 10.4 Å². The van der Waals surface area contributed by atoms with Gasteiger partial charge in [0.2, 0.25) is 5.91 Å². The molecule has 0 aliphatic carbocycles. The van der Waals surface area contributed by atoms with Crippen molar-refractivity contribution >= 4 is 17.5 Å². The van der Waals surface area contributed by atoms with Gasteiger partial charge in [-0.3, -0.25) is 14.8 Å². The quantitative estimate of drug-likeness (QED) is 0.517. The molecule has 1 aromatic rings. The summed E-state index contributed by atoms with van der Waals surface area (Å²) < 4.78 is 0. The monoisotopic (exact) mass is 377 g/mol. The Morgan fingerprint density at radius 3 is 2.37 bits per heavy atom. The summed E-state index contributed by atoms with van der Waals surface area (Å²) in [5, 5.41) is 19.1. The van der Waals surface area contributed by atoms with E-state index in [2.05, 4.69) is 29.2 Å². The SMILES string of the molecule is Cc1ccc(N2CCN(C(=O)[C@@H](CC(C)C)[C@H](O)C(=O)NO)[C@H](C)C2)cc1. The minimum atomic E-state index is -1.56. The number of aliphatic hydroxyl groups excluding tert-OH is 1. The van der Waals surface area contributed by atoms with E-state index >= 15 is 0 Å². The van der Waals surface area contributed by atoms with Gasteiger partial charge in [-0.15, -0.1) is 0 Å². The lowest BCUT2D eigenvalue weighted by molar-refractivity contribution is -0.152. The Balaban J connectivity index is 2.10. The zero-order chi connectivity index (χ0) is 20.1.